The number of pyridine rings is 1. The molecule has 50 heavy (non-hydrogen) atoms. The molecular formula is C44H44N4OPt. The quantitative estimate of drug-likeness (QED) is 0.122. The third-order valence-electron chi connectivity index (χ3n) is 9.36. The molecule has 7 rings (SSSR count). The minimum absolute atomic E-state index is 0. The van der Waals surface area contributed by atoms with Crippen molar-refractivity contribution in [3.8, 4) is 34.1 Å². The Morgan fingerprint density at radius 3 is 2.38 bits per heavy atom. The Bertz CT molecular complexity index is 2260. The molecular weight excluding hydrogens is 796 g/mol. The molecule has 0 aliphatic heterocycles. The third kappa shape index (κ3) is 7.21. The number of fused-ring (bicyclic) bond motifs is 3. The second kappa shape index (κ2) is 15.2. The van der Waals surface area contributed by atoms with Gasteiger partial charge in [0.25, 0.3) is 0 Å². The van der Waals surface area contributed by atoms with Gasteiger partial charge in [0.2, 0.25) is 0 Å². The molecule has 0 aliphatic carbocycles. The van der Waals surface area contributed by atoms with E-state index in [1.165, 1.54) is 16.5 Å². The number of nitrogens with zero attached hydrogens (tertiary/aromatic N) is 4. The summed E-state index contributed by atoms with van der Waals surface area (Å²) in [5.74, 6) is 2.82. The summed E-state index contributed by atoms with van der Waals surface area (Å²) >= 11 is 0. The van der Waals surface area contributed by atoms with Gasteiger partial charge in [-0.1, -0.05) is 88.0 Å². The van der Waals surface area contributed by atoms with Crippen molar-refractivity contribution in [3.63, 3.8) is 0 Å². The smallest absolute Gasteiger partial charge is 0.509 e. The van der Waals surface area contributed by atoms with Crippen molar-refractivity contribution in [1.82, 2.24) is 19.3 Å². The number of ether oxygens (including phenoxy) is 1. The number of hydrogen-bond donors (Lipinski definition) is 0. The molecule has 0 amide bonds. The van der Waals surface area contributed by atoms with Crippen LogP contribution in [0.3, 0.4) is 0 Å². The standard InChI is InChI=1S/C44H44N4O.Pt/c1-7-8-12-34-24-36(48-32(6)44(31(5)46-48)35-13-10-9-11-14-35)27-38(25-34)49-37-18-19-39-40-26-33(16-15-29(2)3)17-20-41(40)47(42(39)28-37)43-23-30(4)21-22-45-43;/h9-11,13-14,17-26,29H,7-8,12,15-16H2,1-6H3;/q-2;+2. The van der Waals surface area contributed by atoms with Gasteiger partial charge >= 0.3 is 21.1 Å². The van der Waals surface area contributed by atoms with Crippen LogP contribution in [0.2, 0.25) is 0 Å². The second-order valence-electron chi connectivity index (χ2n) is 13.7. The van der Waals surface area contributed by atoms with Crippen molar-refractivity contribution in [2.45, 2.75) is 73.6 Å². The van der Waals surface area contributed by atoms with Crippen LogP contribution in [0.25, 0.3) is 44.4 Å². The van der Waals surface area contributed by atoms with E-state index in [1.807, 2.05) is 29.1 Å². The first-order valence-corrected chi connectivity index (χ1v) is 17.6. The van der Waals surface area contributed by atoms with E-state index < -0.39 is 0 Å². The Kier molecular flexibility index (Phi) is 10.7. The summed E-state index contributed by atoms with van der Waals surface area (Å²) in [6, 6.07) is 37.2. The fraction of sp³-hybridized carbons (Fsp3) is 0.273. The molecule has 4 aromatic carbocycles. The molecule has 0 aliphatic rings. The summed E-state index contributed by atoms with van der Waals surface area (Å²) in [5, 5.41) is 7.32. The summed E-state index contributed by atoms with van der Waals surface area (Å²) in [4.78, 5) is 4.79. The zero-order valence-corrected chi connectivity index (χ0v) is 32.1. The number of aryl methyl sites for hydroxylation is 4. The van der Waals surface area contributed by atoms with Gasteiger partial charge in [0.05, 0.1) is 5.69 Å². The average molecular weight is 840 g/mol. The molecule has 0 saturated heterocycles. The van der Waals surface area contributed by atoms with Gasteiger partial charge in [-0.15, -0.1) is 35.7 Å². The van der Waals surface area contributed by atoms with Crippen LogP contribution in [-0.2, 0) is 33.9 Å². The normalized spacial score (nSPS) is 11.4. The first kappa shape index (κ1) is 35.4. The van der Waals surface area contributed by atoms with Gasteiger partial charge in [0.15, 0.2) is 0 Å². The molecule has 3 aromatic heterocycles. The van der Waals surface area contributed by atoms with Crippen LogP contribution < -0.4 is 4.74 Å². The maximum atomic E-state index is 6.64. The van der Waals surface area contributed by atoms with Gasteiger partial charge in [-0.25, -0.2) is 4.98 Å². The summed E-state index contributed by atoms with van der Waals surface area (Å²) < 4.78 is 10.9. The largest absolute Gasteiger partial charge is 2.00 e. The SMILES string of the molecule is CCCCc1cc(Oc2[c-]c3c(cc2)c2cc(CCC(C)C)ccc2n3-c2cc(C)ccn2)[c-]c(-n2nc(C)c(-c3ccccc3)c2C)c1.[Pt+2]. The van der Waals surface area contributed by atoms with Gasteiger partial charge in [0, 0.05) is 34.5 Å². The fourth-order valence-electron chi connectivity index (χ4n) is 6.82. The number of unbranched alkanes of at least 4 members (excludes halogenated alkanes) is 1. The van der Waals surface area contributed by atoms with E-state index in [0.29, 0.717) is 17.4 Å². The van der Waals surface area contributed by atoms with Gasteiger partial charge < -0.3 is 9.30 Å². The van der Waals surface area contributed by atoms with Crippen LogP contribution in [0, 0.1) is 38.8 Å². The van der Waals surface area contributed by atoms with E-state index in [2.05, 4.69) is 125 Å². The molecule has 0 fully saturated rings. The van der Waals surface area contributed by atoms with Crippen molar-refractivity contribution in [1.29, 1.82) is 0 Å². The number of aromatic nitrogens is 4. The van der Waals surface area contributed by atoms with Crippen molar-refractivity contribution < 1.29 is 25.8 Å². The van der Waals surface area contributed by atoms with Gasteiger partial charge in [0.1, 0.15) is 5.82 Å². The molecule has 5 nitrogen and oxygen atoms in total. The Morgan fingerprint density at radius 1 is 0.800 bits per heavy atom. The topological polar surface area (TPSA) is 44.9 Å². The van der Waals surface area contributed by atoms with Crippen LogP contribution in [0.1, 0.15) is 68.1 Å². The number of benzene rings is 4. The zero-order chi connectivity index (χ0) is 34.1. The van der Waals surface area contributed by atoms with Gasteiger partial charge in [-0.3, -0.25) is 4.68 Å². The Morgan fingerprint density at radius 2 is 1.62 bits per heavy atom. The minimum Gasteiger partial charge on any atom is -0.509 e. The van der Waals surface area contributed by atoms with Gasteiger partial charge in [-0.05, 0) is 85.5 Å². The Labute approximate surface area is 310 Å². The average Bonchev–Trinajstić information content (AvgIpc) is 3.58. The van der Waals surface area contributed by atoms with E-state index in [4.69, 9.17) is 14.8 Å². The molecule has 0 atom stereocenters. The van der Waals surface area contributed by atoms with Crippen molar-refractivity contribution in [2.24, 2.45) is 5.92 Å². The van der Waals surface area contributed by atoms with Crippen molar-refractivity contribution in [2.75, 3.05) is 0 Å². The molecule has 256 valence electrons. The van der Waals surface area contributed by atoms with Crippen LogP contribution in [-0.4, -0.2) is 19.3 Å². The van der Waals surface area contributed by atoms with E-state index in [0.717, 1.165) is 88.1 Å². The monoisotopic (exact) mass is 839 g/mol. The maximum Gasteiger partial charge on any atom is 2.00 e. The van der Waals surface area contributed by atoms with Gasteiger partial charge in [-0.2, -0.15) is 16.7 Å². The van der Waals surface area contributed by atoms with Crippen LogP contribution in [0.5, 0.6) is 11.5 Å². The van der Waals surface area contributed by atoms with Crippen molar-refractivity contribution in [3.05, 3.63) is 131 Å². The zero-order valence-electron chi connectivity index (χ0n) is 29.8. The maximum absolute atomic E-state index is 6.64. The summed E-state index contributed by atoms with van der Waals surface area (Å²) in [6.45, 7) is 13.1. The molecule has 6 heteroatoms. The van der Waals surface area contributed by atoms with E-state index in [-0.39, 0.29) is 21.1 Å². The molecule has 0 radical (unpaired) electrons. The van der Waals surface area contributed by atoms with Crippen LogP contribution in [0.4, 0.5) is 0 Å². The summed E-state index contributed by atoms with van der Waals surface area (Å²) in [7, 11) is 0. The molecule has 0 N–H and O–H groups in total. The number of rotatable bonds is 11. The Balaban J connectivity index is 0.00000432. The van der Waals surface area contributed by atoms with Crippen LogP contribution in [0.15, 0.2) is 91.1 Å². The molecule has 7 aromatic rings. The third-order valence-corrected chi connectivity index (χ3v) is 9.36. The predicted octanol–water partition coefficient (Wildman–Crippen LogP) is 11.3. The summed E-state index contributed by atoms with van der Waals surface area (Å²) in [6.07, 6.45) is 7.26. The molecule has 3 heterocycles. The van der Waals surface area contributed by atoms with E-state index in [1.54, 1.807) is 0 Å². The van der Waals surface area contributed by atoms with E-state index >= 15 is 0 Å². The van der Waals surface area contributed by atoms with Crippen molar-refractivity contribution >= 4 is 21.8 Å². The first-order chi connectivity index (χ1) is 23.8. The predicted molar refractivity (Wildman–Crippen MR) is 201 cm³/mol. The molecule has 0 bridgehead atoms. The van der Waals surface area contributed by atoms with Crippen LogP contribution >= 0.6 is 0 Å². The first-order valence-electron chi connectivity index (χ1n) is 17.6. The fourth-order valence-corrected chi connectivity index (χ4v) is 6.82. The molecule has 0 unspecified atom stereocenters. The summed E-state index contributed by atoms with van der Waals surface area (Å²) in [5.41, 5.74) is 11.0. The Hall–Kier alpha value is -4.47. The number of hydrogen-bond acceptors (Lipinski definition) is 3. The van der Waals surface area contributed by atoms with E-state index in [9.17, 15) is 0 Å². The second-order valence-corrected chi connectivity index (χ2v) is 13.7. The molecule has 0 spiro atoms. The minimum atomic E-state index is 0. The molecule has 0 saturated carbocycles.